The van der Waals surface area contributed by atoms with Crippen molar-refractivity contribution in [3.05, 3.63) is 29.3 Å². The van der Waals surface area contributed by atoms with E-state index in [4.69, 9.17) is 11.6 Å². The van der Waals surface area contributed by atoms with Gasteiger partial charge in [0.25, 0.3) is 0 Å². The summed E-state index contributed by atoms with van der Waals surface area (Å²) >= 11 is 7.82. The molecule has 0 spiro atoms. The lowest BCUT2D eigenvalue weighted by Crippen LogP contribution is -3.28. The molecular formula is C14H23ClN2S+2. The second-order valence-electron chi connectivity index (χ2n) is 4.91. The summed E-state index contributed by atoms with van der Waals surface area (Å²) < 4.78 is 0. The van der Waals surface area contributed by atoms with Gasteiger partial charge in [-0.2, -0.15) is 0 Å². The number of thioether (sulfide) groups is 1. The van der Waals surface area contributed by atoms with Crippen LogP contribution >= 0.6 is 23.4 Å². The summed E-state index contributed by atoms with van der Waals surface area (Å²) in [7, 11) is 0. The summed E-state index contributed by atoms with van der Waals surface area (Å²) in [6.45, 7) is 10.2. The van der Waals surface area contributed by atoms with E-state index in [1.165, 1.54) is 49.9 Å². The quantitative estimate of drug-likeness (QED) is 0.737. The Kier molecular flexibility index (Phi) is 5.83. The molecule has 0 radical (unpaired) electrons. The molecule has 1 heterocycles. The van der Waals surface area contributed by atoms with Crippen LogP contribution in [0, 0.1) is 0 Å². The lowest BCUT2D eigenvalue weighted by molar-refractivity contribution is -1.01. The Hall–Kier alpha value is -0.220. The van der Waals surface area contributed by atoms with Crippen molar-refractivity contribution < 1.29 is 9.80 Å². The number of hydrogen-bond donors (Lipinski definition) is 2. The standard InChI is InChI=1S/C14H21ClN2S/c1-2-16-7-9-17(10-8-16)11-12-18-14-5-3-13(15)4-6-14/h3-6H,2,7-12H2,1H3/p+2. The molecular weight excluding hydrogens is 264 g/mol. The Labute approximate surface area is 119 Å². The molecule has 2 nitrogen and oxygen atoms in total. The van der Waals surface area contributed by atoms with Gasteiger partial charge in [0.15, 0.2) is 0 Å². The maximum absolute atomic E-state index is 5.88. The molecule has 1 aromatic rings. The summed E-state index contributed by atoms with van der Waals surface area (Å²) in [5.41, 5.74) is 0. The van der Waals surface area contributed by atoms with Crippen LogP contribution < -0.4 is 9.80 Å². The Morgan fingerprint density at radius 2 is 1.67 bits per heavy atom. The van der Waals surface area contributed by atoms with E-state index in [-0.39, 0.29) is 0 Å². The van der Waals surface area contributed by atoms with Gasteiger partial charge >= 0.3 is 0 Å². The molecule has 0 saturated carbocycles. The van der Waals surface area contributed by atoms with Crippen LogP contribution in [0.5, 0.6) is 0 Å². The van der Waals surface area contributed by atoms with Crippen molar-refractivity contribution in [1.29, 1.82) is 0 Å². The Bertz CT molecular complexity index is 347. The zero-order valence-corrected chi connectivity index (χ0v) is 12.6. The van der Waals surface area contributed by atoms with Crippen LogP contribution in [0.15, 0.2) is 29.2 Å². The minimum Gasteiger partial charge on any atom is -0.326 e. The fourth-order valence-electron chi connectivity index (χ4n) is 2.40. The van der Waals surface area contributed by atoms with E-state index in [0.717, 1.165) is 5.02 Å². The van der Waals surface area contributed by atoms with E-state index in [2.05, 4.69) is 19.1 Å². The summed E-state index contributed by atoms with van der Waals surface area (Å²) in [6, 6.07) is 8.17. The maximum Gasteiger partial charge on any atom is 0.127 e. The highest BCUT2D eigenvalue weighted by Crippen LogP contribution is 2.19. The van der Waals surface area contributed by atoms with Gasteiger partial charge in [-0.15, -0.1) is 11.8 Å². The topological polar surface area (TPSA) is 8.88 Å². The highest BCUT2D eigenvalue weighted by Gasteiger charge is 2.20. The number of nitrogens with one attached hydrogen (secondary N) is 2. The fourth-order valence-corrected chi connectivity index (χ4v) is 3.49. The van der Waals surface area contributed by atoms with Gasteiger partial charge < -0.3 is 9.80 Å². The van der Waals surface area contributed by atoms with E-state index in [9.17, 15) is 0 Å². The number of hydrogen-bond acceptors (Lipinski definition) is 1. The molecule has 0 aliphatic carbocycles. The van der Waals surface area contributed by atoms with Crippen molar-refractivity contribution in [1.82, 2.24) is 0 Å². The first kappa shape index (κ1) is 14.2. The van der Waals surface area contributed by atoms with E-state index in [0.29, 0.717) is 0 Å². The normalized spacial score (nSPS) is 24.1. The molecule has 1 aliphatic heterocycles. The summed E-state index contributed by atoms with van der Waals surface area (Å²) in [4.78, 5) is 4.87. The summed E-state index contributed by atoms with van der Waals surface area (Å²) in [6.07, 6.45) is 0. The lowest BCUT2D eigenvalue weighted by atomic mass is 10.3. The third kappa shape index (κ3) is 4.47. The van der Waals surface area contributed by atoms with Gasteiger partial charge in [0.05, 0.1) is 13.1 Å². The molecule has 1 saturated heterocycles. The molecule has 0 amide bonds. The van der Waals surface area contributed by atoms with Gasteiger partial charge in [0.2, 0.25) is 0 Å². The smallest absolute Gasteiger partial charge is 0.127 e. The average Bonchev–Trinajstić information content (AvgIpc) is 2.42. The van der Waals surface area contributed by atoms with Gasteiger partial charge in [0, 0.05) is 15.7 Å². The molecule has 18 heavy (non-hydrogen) atoms. The maximum atomic E-state index is 5.88. The van der Waals surface area contributed by atoms with Gasteiger partial charge in [-0.25, -0.2) is 0 Å². The predicted molar refractivity (Wildman–Crippen MR) is 79.0 cm³/mol. The minimum atomic E-state index is 0.823. The molecule has 0 atom stereocenters. The van der Waals surface area contributed by atoms with Gasteiger partial charge in [-0.3, -0.25) is 0 Å². The first-order valence-corrected chi connectivity index (χ1v) is 8.20. The van der Waals surface area contributed by atoms with Crippen LogP contribution in [-0.4, -0.2) is 45.0 Å². The lowest BCUT2D eigenvalue weighted by Gasteiger charge is -2.28. The Balaban J connectivity index is 1.65. The Morgan fingerprint density at radius 1 is 1.06 bits per heavy atom. The van der Waals surface area contributed by atoms with Crippen molar-refractivity contribution in [3.8, 4) is 0 Å². The molecule has 100 valence electrons. The summed E-state index contributed by atoms with van der Waals surface area (Å²) in [5.74, 6) is 1.21. The van der Waals surface area contributed by atoms with Gasteiger partial charge in [-0.05, 0) is 31.2 Å². The number of likely N-dealkylation sites (N-methyl/N-ethyl adjacent to an activating group) is 1. The van der Waals surface area contributed by atoms with E-state index in [1.807, 2.05) is 23.9 Å². The van der Waals surface area contributed by atoms with Crippen LogP contribution in [0.4, 0.5) is 0 Å². The van der Waals surface area contributed by atoms with Crippen LogP contribution in [0.2, 0.25) is 5.02 Å². The van der Waals surface area contributed by atoms with E-state index < -0.39 is 0 Å². The average molecular weight is 287 g/mol. The molecule has 1 aromatic carbocycles. The number of halogens is 1. The van der Waals surface area contributed by atoms with Gasteiger partial charge in [-0.1, -0.05) is 11.6 Å². The second-order valence-corrected chi connectivity index (χ2v) is 6.51. The molecule has 0 aromatic heterocycles. The van der Waals surface area contributed by atoms with Crippen molar-refractivity contribution >= 4 is 23.4 Å². The third-order valence-electron chi connectivity index (χ3n) is 3.70. The van der Waals surface area contributed by atoms with E-state index >= 15 is 0 Å². The molecule has 0 unspecified atom stereocenters. The van der Waals surface area contributed by atoms with Crippen LogP contribution in [-0.2, 0) is 0 Å². The highest BCUT2D eigenvalue weighted by atomic mass is 35.5. The molecule has 0 bridgehead atoms. The van der Waals surface area contributed by atoms with Crippen molar-refractivity contribution in [2.45, 2.75) is 11.8 Å². The monoisotopic (exact) mass is 286 g/mol. The molecule has 2 N–H and O–H groups in total. The third-order valence-corrected chi connectivity index (χ3v) is 4.97. The zero-order chi connectivity index (χ0) is 12.8. The molecule has 1 aliphatic rings. The molecule has 1 fully saturated rings. The van der Waals surface area contributed by atoms with Crippen molar-refractivity contribution in [2.24, 2.45) is 0 Å². The van der Waals surface area contributed by atoms with Crippen molar-refractivity contribution in [2.75, 3.05) is 45.0 Å². The van der Waals surface area contributed by atoms with Gasteiger partial charge in [0.1, 0.15) is 26.2 Å². The predicted octanol–water partition coefficient (Wildman–Crippen LogP) is 0.235. The fraction of sp³-hybridized carbons (Fsp3) is 0.571. The Morgan fingerprint density at radius 3 is 2.28 bits per heavy atom. The first-order chi connectivity index (χ1) is 8.78. The number of quaternary nitrogens is 2. The second kappa shape index (κ2) is 7.39. The van der Waals surface area contributed by atoms with Crippen LogP contribution in [0.1, 0.15) is 6.92 Å². The minimum absolute atomic E-state index is 0.823. The molecule has 4 heteroatoms. The first-order valence-electron chi connectivity index (χ1n) is 6.83. The zero-order valence-electron chi connectivity index (χ0n) is 11.0. The number of rotatable bonds is 5. The number of benzene rings is 1. The SMILES string of the molecule is CC[NH+]1CC[NH+](CCSc2ccc(Cl)cc2)CC1. The molecule has 2 rings (SSSR count). The van der Waals surface area contributed by atoms with E-state index in [1.54, 1.807) is 9.80 Å². The van der Waals surface area contributed by atoms with Crippen LogP contribution in [0.25, 0.3) is 0 Å². The largest absolute Gasteiger partial charge is 0.326 e. The van der Waals surface area contributed by atoms with Crippen LogP contribution in [0.3, 0.4) is 0 Å². The van der Waals surface area contributed by atoms with Crippen molar-refractivity contribution in [3.63, 3.8) is 0 Å². The number of piperazine rings is 1. The summed E-state index contributed by atoms with van der Waals surface area (Å²) in [5, 5.41) is 0.823. The highest BCUT2D eigenvalue weighted by molar-refractivity contribution is 7.99.